The van der Waals surface area contributed by atoms with Crippen molar-refractivity contribution in [1.82, 2.24) is 0 Å². The first-order chi connectivity index (χ1) is 7.68. The van der Waals surface area contributed by atoms with E-state index in [1.165, 1.54) is 0 Å². The van der Waals surface area contributed by atoms with E-state index in [0.717, 1.165) is 29.8 Å². The Morgan fingerprint density at radius 3 is 2.75 bits per heavy atom. The van der Waals surface area contributed by atoms with Crippen molar-refractivity contribution in [2.24, 2.45) is 0 Å². The van der Waals surface area contributed by atoms with E-state index < -0.39 is 5.97 Å². The number of hydrogen-bond donors (Lipinski definition) is 0. The fourth-order valence-corrected chi connectivity index (χ4v) is 1.80. The number of fused-ring (bicyclic) bond motifs is 1. The highest BCUT2D eigenvalue weighted by atomic mass is 16.4. The first kappa shape index (κ1) is 10.4. The number of anilines is 1. The van der Waals surface area contributed by atoms with Gasteiger partial charge >= 0.3 is 0 Å². The van der Waals surface area contributed by atoms with Crippen LogP contribution < -0.4 is 10.0 Å². The number of para-hydroxylation sites is 1. The number of rotatable bonds is 2. The summed E-state index contributed by atoms with van der Waals surface area (Å²) >= 11 is 0. The van der Waals surface area contributed by atoms with Gasteiger partial charge in [-0.25, -0.2) is 0 Å². The standard InChI is InChI=1S/C12H11NO3/c14-11(5-6-12(15)16)13-8-7-9-3-1-2-4-10(9)13/h1-6H,7-8H2,(H,15,16)/p-1. The van der Waals surface area contributed by atoms with Crippen molar-refractivity contribution in [1.29, 1.82) is 0 Å². The zero-order valence-corrected chi connectivity index (χ0v) is 8.55. The van der Waals surface area contributed by atoms with Crippen LogP contribution in [0.2, 0.25) is 0 Å². The second kappa shape index (κ2) is 4.18. The van der Waals surface area contributed by atoms with Gasteiger partial charge in [0.2, 0.25) is 0 Å². The lowest BCUT2D eigenvalue weighted by Gasteiger charge is -2.14. The fraction of sp³-hybridized carbons (Fsp3) is 0.167. The van der Waals surface area contributed by atoms with Gasteiger partial charge in [0.05, 0.1) is 5.97 Å². The summed E-state index contributed by atoms with van der Waals surface area (Å²) in [5.41, 5.74) is 1.97. The van der Waals surface area contributed by atoms with Crippen LogP contribution in [0.3, 0.4) is 0 Å². The third-order valence-corrected chi connectivity index (χ3v) is 2.52. The molecule has 0 aromatic heterocycles. The van der Waals surface area contributed by atoms with Crippen LogP contribution in [-0.4, -0.2) is 18.4 Å². The van der Waals surface area contributed by atoms with Crippen molar-refractivity contribution in [3.05, 3.63) is 42.0 Å². The summed E-state index contributed by atoms with van der Waals surface area (Å²) in [6.07, 6.45) is 2.59. The van der Waals surface area contributed by atoms with Gasteiger partial charge in [0, 0.05) is 18.3 Å². The molecular weight excluding hydrogens is 206 g/mol. The highest BCUT2D eigenvalue weighted by Crippen LogP contribution is 2.27. The number of carboxylic acid groups (broad SMARTS) is 1. The molecule has 1 aliphatic rings. The maximum atomic E-state index is 11.7. The molecule has 0 saturated carbocycles. The van der Waals surface area contributed by atoms with Crippen LogP contribution in [0.1, 0.15) is 5.56 Å². The molecule has 16 heavy (non-hydrogen) atoms. The van der Waals surface area contributed by atoms with E-state index >= 15 is 0 Å². The number of amides is 1. The van der Waals surface area contributed by atoms with Gasteiger partial charge in [-0.05, 0) is 24.1 Å². The van der Waals surface area contributed by atoms with Gasteiger partial charge in [0.25, 0.3) is 5.91 Å². The molecule has 0 radical (unpaired) electrons. The Hall–Kier alpha value is -2.10. The van der Waals surface area contributed by atoms with Gasteiger partial charge in [-0.3, -0.25) is 4.79 Å². The van der Waals surface area contributed by atoms with Gasteiger partial charge in [0.15, 0.2) is 0 Å². The normalized spacial score (nSPS) is 14.1. The summed E-state index contributed by atoms with van der Waals surface area (Å²) in [5, 5.41) is 10.2. The molecule has 0 N–H and O–H groups in total. The first-order valence-corrected chi connectivity index (χ1v) is 4.97. The van der Waals surface area contributed by atoms with Crippen LogP contribution >= 0.6 is 0 Å². The maximum absolute atomic E-state index is 11.7. The molecule has 1 heterocycles. The molecule has 0 atom stereocenters. The quantitative estimate of drug-likeness (QED) is 0.647. The Morgan fingerprint density at radius 1 is 1.25 bits per heavy atom. The van der Waals surface area contributed by atoms with Crippen LogP contribution in [0.25, 0.3) is 0 Å². The third kappa shape index (κ3) is 1.95. The topological polar surface area (TPSA) is 60.4 Å². The van der Waals surface area contributed by atoms with Crippen LogP contribution in [-0.2, 0) is 16.0 Å². The van der Waals surface area contributed by atoms with Crippen molar-refractivity contribution in [2.75, 3.05) is 11.4 Å². The van der Waals surface area contributed by atoms with Crippen molar-refractivity contribution >= 4 is 17.6 Å². The van der Waals surface area contributed by atoms with Crippen molar-refractivity contribution in [3.8, 4) is 0 Å². The van der Waals surface area contributed by atoms with E-state index in [2.05, 4.69) is 0 Å². The maximum Gasteiger partial charge on any atom is 0.251 e. The van der Waals surface area contributed by atoms with Gasteiger partial charge in [-0.2, -0.15) is 0 Å². The lowest BCUT2D eigenvalue weighted by molar-refractivity contribution is -0.297. The van der Waals surface area contributed by atoms with E-state index in [4.69, 9.17) is 0 Å². The van der Waals surface area contributed by atoms with E-state index in [0.29, 0.717) is 6.54 Å². The summed E-state index contributed by atoms with van der Waals surface area (Å²) in [6, 6.07) is 7.59. The minimum absolute atomic E-state index is 0.325. The molecule has 2 rings (SSSR count). The number of nitrogens with zero attached hydrogens (tertiary/aromatic N) is 1. The Morgan fingerprint density at radius 2 is 2.00 bits per heavy atom. The molecule has 0 bridgehead atoms. The molecule has 0 saturated heterocycles. The average molecular weight is 216 g/mol. The number of carboxylic acids is 1. The number of benzene rings is 1. The summed E-state index contributed by atoms with van der Waals surface area (Å²) in [5.74, 6) is -1.69. The van der Waals surface area contributed by atoms with Crippen molar-refractivity contribution in [3.63, 3.8) is 0 Å². The summed E-state index contributed by atoms with van der Waals surface area (Å²) in [4.78, 5) is 23.4. The Labute approximate surface area is 92.8 Å². The zero-order chi connectivity index (χ0) is 11.5. The molecule has 4 heteroatoms. The Balaban J connectivity index is 2.19. The molecule has 1 aromatic carbocycles. The SMILES string of the molecule is O=C([O-])C=CC(=O)N1CCc2ccccc21. The molecule has 1 aliphatic heterocycles. The van der Waals surface area contributed by atoms with E-state index in [1.54, 1.807) is 4.90 Å². The van der Waals surface area contributed by atoms with Crippen LogP contribution in [0.5, 0.6) is 0 Å². The summed E-state index contributed by atoms with van der Waals surface area (Å²) in [6.45, 7) is 0.593. The number of aliphatic carboxylic acids is 1. The van der Waals surface area contributed by atoms with Crippen molar-refractivity contribution < 1.29 is 14.7 Å². The number of carbonyl (C=O) groups excluding carboxylic acids is 2. The van der Waals surface area contributed by atoms with Crippen LogP contribution in [0.15, 0.2) is 36.4 Å². The van der Waals surface area contributed by atoms with Crippen LogP contribution in [0.4, 0.5) is 5.69 Å². The second-order valence-corrected chi connectivity index (χ2v) is 3.52. The third-order valence-electron chi connectivity index (χ3n) is 2.52. The largest absolute Gasteiger partial charge is 0.545 e. The monoisotopic (exact) mass is 216 g/mol. The number of carbonyl (C=O) groups is 2. The van der Waals surface area contributed by atoms with Gasteiger partial charge < -0.3 is 14.8 Å². The highest BCUT2D eigenvalue weighted by molar-refractivity contribution is 6.05. The zero-order valence-electron chi connectivity index (χ0n) is 8.55. The molecule has 0 fully saturated rings. The van der Waals surface area contributed by atoms with Crippen molar-refractivity contribution in [2.45, 2.75) is 6.42 Å². The minimum atomic E-state index is -1.36. The molecular formula is C12H10NO3-. The number of hydrogen-bond acceptors (Lipinski definition) is 3. The second-order valence-electron chi connectivity index (χ2n) is 3.52. The summed E-state index contributed by atoms with van der Waals surface area (Å²) in [7, 11) is 0. The molecule has 0 unspecified atom stereocenters. The summed E-state index contributed by atoms with van der Waals surface area (Å²) < 4.78 is 0. The first-order valence-electron chi connectivity index (χ1n) is 4.97. The lowest BCUT2D eigenvalue weighted by Crippen LogP contribution is -2.28. The van der Waals surface area contributed by atoms with E-state index in [1.807, 2.05) is 24.3 Å². The van der Waals surface area contributed by atoms with Gasteiger partial charge in [-0.1, -0.05) is 18.2 Å². The Bertz CT molecular complexity index is 465. The van der Waals surface area contributed by atoms with Gasteiger partial charge in [0.1, 0.15) is 0 Å². The highest BCUT2D eigenvalue weighted by Gasteiger charge is 2.21. The Kier molecular flexibility index (Phi) is 2.72. The minimum Gasteiger partial charge on any atom is -0.545 e. The lowest BCUT2D eigenvalue weighted by atomic mass is 10.2. The predicted octanol–water partition coefficient (Wildman–Crippen LogP) is -0.118. The molecule has 4 nitrogen and oxygen atoms in total. The molecule has 0 spiro atoms. The predicted molar refractivity (Wildman–Crippen MR) is 56.6 cm³/mol. The molecule has 0 aliphatic carbocycles. The molecule has 1 amide bonds. The smallest absolute Gasteiger partial charge is 0.251 e. The average Bonchev–Trinajstić information content (AvgIpc) is 2.69. The molecule has 1 aromatic rings. The van der Waals surface area contributed by atoms with E-state index in [-0.39, 0.29) is 5.91 Å². The van der Waals surface area contributed by atoms with E-state index in [9.17, 15) is 14.7 Å². The van der Waals surface area contributed by atoms with Gasteiger partial charge in [-0.15, -0.1) is 0 Å². The molecule has 82 valence electrons. The fourth-order valence-electron chi connectivity index (χ4n) is 1.80. The van der Waals surface area contributed by atoms with Crippen LogP contribution in [0, 0.1) is 0 Å².